The van der Waals surface area contributed by atoms with Gasteiger partial charge >= 0.3 is 0 Å². The molecule has 1 N–H and O–H groups in total. The first-order valence-electron chi connectivity index (χ1n) is 5.33. The largest absolute Gasteiger partial charge is 0.353 e. The van der Waals surface area contributed by atoms with Gasteiger partial charge in [0.1, 0.15) is 5.82 Å². The van der Waals surface area contributed by atoms with Crippen LogP contribution in [0.15, 0.2) is 35.1 Å². The maximum absolute atomic E-state index is 13.0. The first-order chi connectivity index (χ1) is 8.08. The molecule has 0 spiro atoms. The van der Waals surface area contributed by atoms with Gasteiger partial charge in [0.15, 0.2) is 0 Å². The van der Waals surface area contributed by atoms with Crippen molar-refractivity contribution in [1.82, 2.24) is 9.55 Å². The van der Waals surface area contributed by atoms with Crippen molar-refractivity contribution in [3.8, 4) is 5.69 Å². The molecular weight excluding hydrogens is 285 g/mol. The SMILES string of the molecule is CC(C)Nc1nccn1-c1ccc(F)cc1Br. The molecule has 0 aliphatic rings. The van der Waals surface area contributed by atoms with E-state index < -0.39 is 0 Å². The molecule has 0 aliphatic carbocycles. The van der Waals surface area contributed by atoms with Crippen molar-refractivity contribution < 1.29 is 4.39 Å². The Bertz CT molecular complexity index is 522. The number of hydrogen-bond donors (Lipinski definition) is 1. The fourth-order valence-corrected chi connectivity index (χ4v) is 2.08. The predicted molar refractivity (Wildman–Crippen MR) is 70.0 cm³/mol. The van der Waals surface area contributed by atoms with Crippen molar-refractivity contribution >= 4 is 21.9 Å². The summed E-state index contributed by atoms with van der Waals surface area (Å²) in [6, 6.07) is 4.87. The topological polar surface area (TPSA) is 29.9 Å². The van der Waals surface area contributed by atoms with Crippen molar-refractivity contribution in [2.75, 3.05) is 5.32 Å². The van der Waals surface area contributed by atoms with Gasteiger partial charge in [0.2, 0.25) is 5.95 Å². The third kappa shape index (κ3) is 2.66. The van der Waals surface area contributed by atoms with E-state index >= 15 is 0 Å². The third-order valence-corrected chi connectivity index (χ3v) is 2.86. The van der Waals surface area contributed by atoms with E-state index in [0.29, 0.717) is 4.47 Å². The van der Waals surface area contributed by atoms with Gasteiger partial charge < -0.3 is 5.32 Å². The maximum Gasteiger partial charge on any atom is 0.207 e. The van der Waals surface area contributed by atoms with Crippen LogP contribution in [0, 0.1) is 5.82 Å². The quantitative estimate of drug-likeness (QED) is 0.938. The Kier molecular flexibility index (Phi) is 3.47. The van der Waals surface area contributed by atoms with E-state index in [0.717, 1.165) is 11.6 Å². The molecule has 5 heteroatoms. The molecule has 0 amide bonds. The van der Waals surface area contributed by atoms with Crippen LogP contribution in [0.1, 0.15) is 13.8 Å². The van der Waals surface area contributed by atoms with E-state index in [-0.39, 0.29) is 11.9 Å². The van der Waals surface area contributed by atoms with Gasteiger partial charge in [-0.3, -0.25) is 4.57 Å². The van der Waals surface area contributed by atoms with Crippen molar-refractivity contribution in [3.05, 3.63) is 40.9 Å². The van der Waals surface area contributed by atoms with E-state index in [1.807, 2.05) is 24.6 Å². The first-order valence-corrected chi connectivity index (χ1v) is 6.12. The Morgan fingerprint density at radius 3 is 2.82 bits per heavy atom. The summed E-state index contributed by atoms with van der Waals surface area (Å²) in [6.07, 6.45) is 3.54. The zero-order valence-electron chi connectivity index (χ0n) is 9.61. The van der Waals surface area contributed by atoms with E-state index in [1.165, 1.54) is 12.1 Å². The highest BCUT2D eigenvalue weighted by molar-refractivity contribution is 9.10. The van der Waals surface area contributed by atoms with Crippen LogP contribution in [0.4, 0.5) is 10.3 Å². The highest BCUT2D eigenvalue weighted by Crippen LogP contribution is 2.24. The molecule has 2 rings (SSSR count). The van der Waals surface area contributed by atoms with Crippen LogP contribution >= 0.6 is 15.9 Å². The van der Waals surface area contributed by atoms with E-state index in [4.69, 9.17) is 0 Å². The third-order valence-electron chi connectivity index (χ3n) is 2.23. The number of rotatable bonds is 3. The molecule has 1 aromatic heterocycles. The van der Waals surface area contributed by atoms with Crippen LogP contribution in [0.3, 0.4) is 0 Å². The second kappa shape index (κ2) is 4.87. The number of imidazole rings is 1. The van der Waals surface area contributed by atoms with Crippen LogP contribution in [-0.2, 0) is 0 Å². The van der Waals surface area contributed by atoms with Crippen LogP contribution in [0.2, 0.25) is 0 Å². The van der Waals surface area contributed by atoms with E-state index in [2.05, 4.69) is 26.2 Å². The molecule has 1 aromatic carbocycles. The molecule has 90 valence electrons. The normalized spacial score (nSPS) is 10.9. The molecule has 0 atom stereocenters. The lowest BCUT2D eigenvalue weighted by molar-refractivity contribution is 0.626. The minimum atomic E-state index is -0.265. The van der Waals surface area contributed by atoms with Gasteiger partial charge in [-0.25, -0.2) is 9.37 Å². The fourth-order valence-electron chi connectivity index (χ4n) is 1.54. The van der Waals surface area contributed by atoms with Crippen LogP contribution < -0.4 is 5.32 Å². The highest BCUT2D eigenvalue weighted by Gasteiger charge is 2.09. The summed E-state index contributed by atoms with van der Waals surface area (Å²) in [5.74, 6) is 0.478. The Hall–Kier alpha value is -1.36. The summed E-state index contributed by atoms with van der Waals surface area (Å²) < 4.78 is 15.6. The van der Waals surface area contributed by atoms with Gasteiger partial charge in [-0.05, 0) is 48.0 Å². The standard InChI is InChI=1S/C12H13BrFN3/c1-8(2)16-12-15-5-6-17(12)11-4-3-9(14)7-10(11)13/h3-8H,1-2H3,(H,15,16). The molecular formula is C12H13BrFN3. The van der Waals surface area contributed by atoms with Crippen molar-refractivity contribution in [2.24, 2.45) is 0 Å². The summed E-state index contributed by atoms with van der Waals surface area (Å²) in [6.45, 7) is 4.08. The second-order valence-electron chi connectivity index (χ2n) is 4.02. The summed E-state index contributed by atoms with van der Waals surface area (Å²) in [5, 5.41) is 3.23. The Balaban J connectivity index is 2.42. The number of halogens is 2. The number of nitrogens with zero attached hydrogens (tertiary/aromatic N) is 2. The van der Waals surface area contributed by atoms with Gasteiger partial charge in [0.05, 0.1) is 5.69 Å². The Labute approximate surface area is 108 Å². The number of benzene rings is 1. The van der Waals surface area contributed by atoms with Crippen LogP contribution in [0.25, 0.3) is 5.69 Å². The average Bonchev–Trinajstić information content (AvgIpc) is 2.65. The molecule has 0 saturated carbocycles. The maximum atomic E-state index is 13.0. The molecule has 17 heavy (non-hydrogen) atoms. The fraction of sp³-hybridized carbons (Fsp3) is 0.250. The van der Waals surface area contributed by atoms with Gasteiger partial charge in [0.25, 0.3) is 0 Å². The molecule has 0 saturated heterocycles. The zero-order chi connectivity index (χ0) is 12.4. The smallest absolute Gasteiger partial charge is 0.207 e. The molecule has 3 nitrogen and oxygen atoms in total. The van der Waals surface area contributed by atoms with Crippen molar-refractivity contribution in [3.63, 3.8) is 0 Å². The van der Waals surface area contributed by atoms with Gasteiger partial charge in [-0.2, -0.15) is 0 Å². The summed E-state index contributed by atoms with van der Waals surface area (Å²) >= 11 is 3.35. The monoisotopic (exact) mass is 297 g/mol. The molecule has 0 unspecified atom stereocenters. The van der Waals surface area contributed by atoms with Gasteiger partial charge in [0, 0.05) is 22.9 Å². The van der Waals surface area contributed by atoms with Crippen molar-refractivity contribution in [2.45, 2.75) is 19.9 Å². The molecule has 0 bridgehead atoms. The Morgan fingerprint density at radius 1 is 1.41 bits per heavy atom. The molecule has 0 radical (unpaired) electrons. The zero-order valence-corrected chi connectivity index (χ0v) is 11.2. The highest BCUT2D eigenvalue weighted by atomic mass is 79.9. The van der Waals surface area contributed by atoms with E-state index in [1.54, 1.807) is 12.3 Å². The lowest BCUT2D eigenvalue weighted by Crippen LogP contribution is -2.14. The minimum Gasteiger partial charge on any atom is -0.353 e. The number of nitrogens with one attached hydrogen (secondary N) is 1. The molecule has 1 heterocycles. The number of anilines is 1. The van der Waals surface area contributed by atoms with Gasteiger partial charge in [-0.15, -0.1) is 0 Å². The minimum absolute atomic E-state index is 0.265. The molecule has 0 fully saturated rings. The van der Waals surface area contributed by atoms with Crippen LogP contribution in [-0.4, -0.2) is 15.6 Å². The first kappa shape index (κ1) is 12.1. The lowest BCUT2D eigenvalue weighted by Gasteiger charge is -2.13. The van der Waals surface area contributed by atoms with Gasteiger partial charge in [-0.1, -0.05) is 0 Å². The number of hydrogen-bond acceptors (Lipinski definition) is 2. The molecule has 2 aromatic rings. The van der Waals surface area contributed by atoms with Crippen LogP contribution in [0.5, 0.6) is 0 Å². The molecule has 0 aliphatic heterocycles. The lowest BCUT2D eigenvalue weighted by atomic mass is 10.3. The summed E-state index contributed by atoms with van der Waals surface area (Å²) in [5.41, 5.74) is 0.854. The van der Waals surface area contributed by atoms with Crippen molar-refractivity contribution in [1.29, 1.82) is 0 Å². The summed E-state index contributed by atoms with van der Waals surface area (Å²) in [4.78, 5) is 4.23. The second-order valence-corrected chi connectivity index (χ2v) is 4.87. The summed E-state index contributed by atoms with van der Waals surface area (Å²) in [7, 11) is 0. The van der Waals surface area contributed by atoms with E-state index in [9.17, 15) is 4.39 Å². The Morgan fingerprint density at radius 2 is 2.18 bits per heavy atom. The average molecular weight is 298 g/mol. The number of aromatic nitrogens is 2. The predicted octanol–water partition coefficient (Wildman–Crippen LogP) is 3.59.